The fourth-order valence-corrected chi connectivity index (χ4v) is 2.62. The van der Waals surface area contributed by atoms with Crippen molar-refractivity contribution in [3.8, 4) is 0 Å². The first-order valence-electron chi connectivity index (χ1n) is 6.60. The number of halogens is 2. The monoisotopic (exact) mass is 313 g/mol. The Morgan fingerprint density at radius 3 is 2.48 bits per heavy atom. The quantitative estimate of drug-likeness (QED) is 0.829. The topological polar surface area (TPSA) is 58.4 Å². The van der Waals surface area contributed by atoms with Gasteiger partial charge in [0.1, 0.15) is 0 Å². The number of thiocarbonyl (C=S) groups is 1. The zero-order chi connectivity index (χ0) is 15.6. The van der Waals surface area contributed by atoms with Crippen molar-refractivity contribution in [2.75, 3.05) is 20.1 Å². The Morgan fingerprint density at radius 1 is 1.33 bits per heavy atom. The van der Waals surface area contributed by atoms with Gasteiger partial charge in [-0.2, -0.15) is 0 Å². The highest BCUT2D eigenvalue weighted by Gasteiger charge is 2.38. The van der Waals surface area contributed by atoms with E-state index in [4.69, 9.17) is 18.0 Å². The van der Waals surface area contributed by atoms with Gasteiger partial charge in [-0.15, -0.1) is 0 Å². The predicted octanol–water partition coefficient (Wildman–Crippen LogP) is 1.45. The van der Waals surface area contributed by atoms with E-state index < -0.39 is 23.1 Å². The summed E-state index contributed by atoms with van der Waals surface area (Å²) in [4.78, 5) is 14.6. The summed E-state index contributed by atoms with van der Waals surface area (Å²) in [5.74, 6) is -2.56. The number of benzene rings is 1. The Bertz CT molecular complexity index is 571. The van der Waals surface area contributed by atoms with Crippen molar-refractivity contribution in [2.45, 2.75) is 18.4 Å². The van der Waals surface area contributed by atoms with Crippen LogP contribution in [0.15, 0.2) is 18.2 Å². The molecule has 2 rings (SSSR count). The molecule has 7 heteroatoms. The molecule has 1 aromatic carbocycles. The number of carbonyl (C=O) groups is 1. The first-order valence-corrected chi connectivity index (χ1v) is 7.01. The number of amides is 1. The molecule has 1 aromatic rings. The summed E-state index contributed by atoms with van der Waals surface area (Å²) >= 11 is 5.09. The predicted molar refractivity (Wildman–Crippen MR) is 80.1 cm³/mol. The van der Waals surface area contributed by atoms with Gasteiger partial charge >= 0.3 is 0 Å². The van der Waals surface area contributed by atoms with Crippen LogP contribution in [0.5, 0.6) is 0 Å². The van der Waals surface area contributed by atoms with E-state index >= 15 is 0 Å². The lowest BCUT2D eigenvalue weighted by molar-refractivity contribution is 0.0889. The second-order valence-electron chi connectivity index (χ2n) is 5.33. The highest BCUT2D eigenvalue weighted by Crippen LogP contribution is 2.23. The van der Waals surface area contributed by atoms with Gasteiger partial charge in [0.2, 0.25) is 0 Å². The second kappa shape index (κ2) is 6.03. The molecule has 1 saturated heterocycles. The van der Waals surface area contributed by atoms with E-state index in [0.717, 1.165) is 25.2 Å². The van der Waals surface area contributed by atoms with Gasteiger partial charge in [0.05, 0.1) is 10.5 Å². The minimum absolute atomic E-state index is 0.0449. The van der Waals surface area contributed by atoms with Crippen LogP contribution in [0.2, 0.25) is 0 Å². The third-order valence-electron chi connectivity index (χ3n) is 3.85. The van der Waals surface area contributed by atoms with Crippen molar-refractivity contribution in [3.63, 3.8) is 0 Å². The lowest BCUT2D eigenvalue weighted by Crippen LogP contribution is -2.61. The number of carbonyl (C=O) groups excluding carboxylic acids is 1. The summed E-state index contributed by atoms with van der Waals surface area (Å²) < 4.78 is 26.1. The van der Waals surface area contributed by atoms with Crippen molar-refractivity contribution in [1.29, 1.82) is 0 Å². The fraction of sp³-hybridized carbons (Fsp3) is 0.429. The summed E-state index contributed by atoms with van der Waals surface area (Å²) in [5, 5.41) is 2.79. The zero-order valence-corrected chi connectivity index (χ0v) is 12.5. The van der Waals surface area contributed by atoms with Crippen LogP contribution in [0.4, 0.5) is 8.78 Å². The highest BCUT2D eigenvalue weighted by molar-refractivity contribution is 7.80. The van der Waals surface area contributed by atoms with Gasteiger partial charge in [0.25, 0.3) is 5.91 Å². The summed E-state index contributed by atoms with van der Waals surface area (Å²) in [5.41, 5.74) is 5.06. The lowest BCUT2D eigenvalue weighted by atomic mass is 9.87. The number of piperidine rings is 1. The summed E-state index contributed by atoms with van der Waals surface area (Å²) in [6.45, 7) is 1.49. The fourth-order valence-electron chi connectivity index (χ4n) is 2.36. The Balaban J connectivity index is 2.19. The molecular weight excluding hydrogens is 296 g/mol. The minimum atomic E-state index is -1.06. The van der Waals surface area contributed by atoms with Crippen LogP contribution in [0.1, 0.15) is 23.2 Å². The number of likely N-dealkylation sites (tertiary alicyclic amines) is 1. The number of nitrogens with one attached hydrogen (secondary N) is 1. The lowest BCUT2D eigenvalue weighted by Gasteiger charge is -2.40. The first kappa shape index (κ1) is 15.8. The Morgan fingerprint density at radius 2 is 1.95 bits per heavy atom. The van der Waals surface area contributed by atoms with Crippen molar-refractivity contribution >= 4 is 23.1 Å². The van der Waals surface area contributed by atoms with Gasteiger partial charge in [-0.25, -0.2) is 8.78 Å². The third-order valence-corrected chi connectivity index (χ3v) is 4.24. The molecule has 0 bridgehead atoms. The average molecular weight is 313 g/mol. The van der Waals surface area contributed by atoms with E-state index in [9.17, 15) is 13.6 Å². The molecule has 1 heterocycles. The van der Waals surface area contributed by atoms with E-state index in [2.05, 4.69) is 10.2 Å². The number of hydrogen-bond donors (Lipinski definition) is 2. The van der Waals surface area contributed by atoms with Gasteiger partial charge in [0, 0.05) is 18.7 Å². The first-order chi connectivity index (χ1) is 9.84. The van der Waals surface area contributed by atoms with E-state index in [1.54, 1.807) is 0 Å². The maximum absolute atomic E-state index is 13.2. The number of nitrogens with zero attached hydrogens (tertiary/aromatic N) is 1. The number of nitrogens with two attached hydrogens (primary N) is 1. The Labute approximate surface area is 127 Å². The van der Waals surface area contributed by atoms with Crippen LogP contribution in [-0.4, -0.2) is 41.5 Å². The molecular formula is C14H17F2N3OS. The maximum atomic E-state index is 13.2. The normalized spacial score (nSPS) is 18.2. The van der Waals surface area contributed by atoms with Crippen molar-refractivity contribution < 1.29 is 13.6 Å². The SMILES string of the molecule is CN1CCC(NC(=O)c2ccc(F)c(F)c2)(C(N)=S)CC1. The van der Waals surface area contributed by atoms with Crippen LogP contribution in [0.3, 0.4) is 0 Å². The molecule has 1 aliphatic rings. The van der Waals surface area contributed by atoms with E-state index in [1.807, 2.05) is 7.05 Å². The van der Waals surface area contributed by atoms with Gasteiger partial charge in [-0.05, 0) is 38.1 Å². The third kappa shape index (κ3) is 3.36. The van der Waals surface area contributed by atoms with Crippen molar-refractivity contribution in [3.05, 3.63) is 35.4 Å². The second-order valence-corrected chi connectivity index (χ2v) is 5.77. The molecule has 1 fully saturated rings. The van der Waals surface area contributed by atoms with Crippen LogP contribution in [-0.2, 0) is 0 Å². The van der Waals surface area contributed by atoms with Gasteiger partial charge in [-0.1, -0.05) is 12.2 Å². The summed E-state index contributed by atoms with van der Waals surface area (Å²) in [6.07, 6.45) is 1.18. The van der Waals surface area contributed by atoms with Gasteiger partial charge < -0.3 is 16.0 Å². The summed E-state index contributed by atoms with van der Waals surface area (Å²) in [6, 6.07) is 3.02. The smallest absolute Gasteiger partial charge is 0.252 e. The Kier molecular flexibility index (Phi) is 4.53. The van der Waals surface area contributed by atoms with Crippen molar-refractivity contribution in [1.82, 2.24) is 10.2 Å². The van der Waals surface area contributed by atoms with Gasteiger partial charge in [-0.3, -0.25) is 4.79 Å². The zero-order valence-electron chi connectivity index (χ0n) is 11.7. The number of rotatable bonds is 3. The Hall–Kier alpha value is -1.60. The molecule has 1 aliphatic heterocycles. The summed E-state index contributed by atoms with van der Waals surface area (Å²) in [7, 11) is 1.97. The average Bonchev–Trinajstić information content (AvgIpc) is 2.44. The molecule has 0 radical (unpaired) electrons. The molecule has 0 spiro atoms. The standard InChI is InChI=1S/C14H17F2N3OS/c1-19-6-4-14(5-7-19,13(17)21)18-12(20)9-2-3-10(15)11(16)8-9/h2-3,8H,4-7H2,1H3,(H2,17,21)(H,18,20). The molecule has 0 unspecified atom stereocenters. The van der Waals surface area contributed by atoms with Crippen molar-refractivity contribution in [2.24, 2.45) is 5.73 Å². The maximum Gasteiger partial charge on any atom is 0.252 e. The largest absolute Gasteiger partial charge is 0.391 e. The molecule has 0 atom stereocenters. The molecule has 3 N–H and O–H groups in total. The van der Waals surface area contributed by atoms with Gasteiger partial charge in [0.15, 0.2) is 11.6 Å². The number of hydrogen-bond acceptors (Lipinski definition) is 3. The van der Waals surface area contributed by atoms with Crippen LogP contribution in [0.25, 0.3) is 0 Å². The molecule has 114 valence electrons. The van der Waals surface area contributed by atoms with Crippen LogP contribution >= 0.6 is 12.2 Å². The molecule has 21 heavy (non-hydrogen) atoms. The van der Waals surface area contributed by atoms with Crippen LogP contribution in [0, 0.1) is 11.6 Å². The molecule has 0 saturated carbocycles. The highest BCUT2D eigenvalue weighted by atomic mass is 32.1. The van der Waals surface area contributed by atoms with E-state index in [-0.39, 0.29) is 10.6 Å². The molecule has 1 amide bonds. The molecule has 0 aliphatic carbocycles. The molecule has 4 nitrogen and oxygen atoms in total. The molecule has 0 aromatic heterocycles. The van der Waals surface area contributed by atoms with E-state index in [1.165, 1.54) is 6.07 Å². The minimum Gasteiger partial charge on any atom is -0.391 e. The van der Waals surface area contributed by atoms with E-state index in [0.29, 0.717) is 12.8 Å². The van der Waals surface area contributed by atoms with Crippen LogP contribution < -0.4 is 11.1 Å².